The molecule has 1 N–H and O–H groups in total. The van der Waals surface area contributed by atoms with E-state index in [1.807, 2.05) is 0 Å². The number of anilines is 1. The Labute approximate surface area is 238 Å². The average molecular weight is 604 g/mol. The summed E-state index contributed by atoms with van der Waals surface area (Å²) in [5.74, 6) is -4.18. The quantitative estimate of drug-likeness (QED) is 0.220. The molecule has 0 saturated heterocycles. The number of carbonyl (C=O) groups excluding carboxylic acids is 3. The summed E-state index contributed by atoms with van der Waals surface area (Å²) in [5.41, 5.74) is -1.82. The second-order valence-electron chi connectivity index (χ2n) is 9.47. The number of halogens is 7. The first kappa shape index (κ1) is 29.5. The molecule has 0 saturated carbocycles. The van der Waals surface area contributed by atoms with Crippen molar-refractivity contribution >= 4 is 23.8 Å². The van der Waals surface area contributed by atoms with Crippen molar-refractivity contribution < 1.29 is 45.1 Å². The molecule has 4 aromatic rings. The summed E-state index contributed by atoms with van der Waals surface area (Å²) < 4.78 is 96.3. The van der Waals surface area contributed by atoms with E-state index in [0.29, 0.717) is 27.7 Å². The zero-order valence-electron chi connectivity index (χ0n) is 21.8. The van der Waals surface area contributed by atoms with Crippen LogP contribution in [0.3, 0.4) is 0 Å². The zero-order chi connectivity index (χ0) is 31.1. The number of aldehydes is 1. The van der Waals surface area contributed by atoms with Crippen LogP contribution in [-0.4, -0.2) is 40.6 Å². The summed E-state index contributed by atoms with van der Waals surface area (Å²) in [6.45, 7) is -1.06. The number of rotatable bonds is 6. The fourth-order valence-corrected chi connectivity index (χ4v) is 4.89. The highest BCUT2D eigenvalue weighted by molar-refractivity contribution is 6.08. The first-order valence-electron chi connectivity index (χ1n) is 12.6. The maximum atomic E-state index is 15.4. The molecular formula is C29H19F7N4O3. The number of hydrogen-bond donors (Lipinski definition) is 1. The molecule has 2 heterocycles. The van der Waals surface area contributed by atoms with Crippen molar-refractivity contribution in [2.75, 3.05) is 11.4 Å². The number of alkyl halides is 6. The van der Waals surface area contributed by atoms with Gasteiger partial charge in [-0.2, -0.15) is 31.4 Å². The summed E-state index contributed by atoms with van der Waals surface area (Å²) in [6, 6.07) is 15.5. The molecule has 0 bridgehead atoms. The van der Waals surface area contributed by atoms with Crippen LogP contribution in [0.25, 0.3) is 16.8 Å². The molecule has 0 unspecified atom stereocenters. The molecule has 5 rings (SSSR count). The lowest BCUT2D eigenvalue weighted by Gasteiger charge is -2.28. The summed E-state index contributed by atoms with van der Waals surface area (Å²) in [4.78, 5) is 37.5. The Morgan fingerprint density at radius 1 is 0.953 bits per heavy atom. The van der Waals surface area contributed by atoms with Gasteiger partial charge in [-0.15, -0.1) is 0 Å². The SMILES string of the molecule is O=Cc1ccccc1-c1ccc(N2CCc3c(C(F)(F)F)nn(-c4ccccc4CNC(=O)C(F)(F)F)c3C2=O)c(F)c1. The minimum atomic E-state index is -5.20. The van der Waals surface area contributed by atoms with E-state index < -0.39 is 53.5 Å². The molecule has 0 atom stereocenters. The van der Waals surface area contributed by atoms with Crippen LogP contribution in [0.1, 0.15) is 37.7 Å². The minimum Gasteiger partial charge on any atom is -0.344 e. The van der Waals surface area contributed by atoms with Gasteiger partial charge >= 0.3 is 18.3 Å². The third kappa shape index (κ3) is 5.59. The standard InChI is InChI=1S/C29H19F7N4O3/c30-21-13-16(19-7-3-1-6-18(19)15-41)9-10-23(21)39-12-11-20-24(26(39)42)40(38-25(20)28(31,32)33)22-8-4-2-5-17(22)14-37-27(43)29(34,35)36/h1-10,13,15H,11-12,14H2,(H,37,43). The lowest BCUT2D eigenvalue weighted by Crippen LogP contribution is -2.39. The average Bonchev–Trinajstić information content (AvgIpc) is 3.37. The Hall–Kier alpha value is -5.01. The van der Waals surface area contributed by atoms with Gasteiger partial charge in [-0.25, -0.2) is 9.07 Å². The number of nitrogens with one attached hydrogen (secondary N) is 1. The smallest absolute Gasteiger partial charge is 0.344 e. The van der Waals surface area contributed by atoms with E-state index in [9.17, 15) is 40.7 Å². The van der Waals surface area contributed by atoms with Crippen molar-refractivity contribution in [2.45, 2.75) is 25.3 Å². The van der Waals surface area contributed by atoms with E-state index in [-0.39, 0.29) is 29.9 Å². The molecule has 14 heteroatoms. The van der Waals surface area contributed by atoms with Gasteiger partial charge in [-0.05, 0) is 41.3 Å². The third-order valence-corrected chi connectivity index (χ3v) is 6.84. The van der Waals surface area contributed by atoms with E-state index >= 15 is 4.39 Å². The molecule has 43 heavy (non-hydrogen) atoms. The highest BCUT2D eigenvalue weighted by Crippen LogP contribution is 2.38. The monoisotopic (exact) mass is 604 g/mol. The van der Waals surface area contributed by atoms with Gasteiger partial charge in [0.05, 0.1) is 11.4 Å². The molecule has 0 aliphatic carbocycles. The van der Waals surface area contributed by atoms with Crippen molar-refractivity contribution in [3.63, 3.8) is 0 Å². The van der Waals surface area contributed by atoms with E-state index in [2.05, 4.69) is 5.10 Å². The number of aromatic nitrogens is 2. The summed E-state index contributed by atoms with van der Waals surface area (Å²) in [5, 5.41) is 5.28. The van der Waals surface area contributed by atoms with Crippen LogP contribution in [-0.2, 0) is 23.9 Å². The van der Waals surface area contributed by atoms with E-state index in [0.717, 1.165) is 11.0 Å². The van der Waals surface area contributed by atoms with Crippen LogP contribution in [0.5, 0.6) is 0 Å². The Morgan fingerprint density at radius 3 is 2.33 bits per heavy atom. The van der Waals surface area contributed by atoms with Crippen LogP contribution in [0.2, 0.25) is 0 Å². The molecule has 1 aliphatic rings. The predicted molar refractivity (Wildman–Crippen MR) is 139 cm³/mol. The predicted octanol–water partition coefficient (Wildman–Crippen LogP) is 5.89. The van der Waals surface area contributed by atoms with Gasteiger partial charge in [-0.3, -0.25) is 14.4 Å². The number of para-hydroxylation sites is 1. The van der Waals surface area contributed by atoms with Crippen LogP contribution in [0, 0.1) is 5.82 Å². The van der Waals surface area contributed by atoms with Crippen molar-refractivity contribution in [3.05, 3.63) is 101 Å². The molecule has 0 radical (unpaired) electrons. The molecule has 222 valence electrons. The van der Waals surface area contributed by atoms with Gasteiger partial charge in [0.2, 0.25) is 0 Å². The van der Waals surface area contributed by atoms with Crippen LogP contribution in [0.15, 0.2) is 66.7 Å². The third-order valence-electron chi connectivity index (χ3n) is 6.84. The highest BCUT2D eigenvalue weighted by atomic mass is 19.4. The summed E-state index contributed by atoms with van der Waals surface area (Å²) >= 11 is 0. The largest absolute Gasteiger partial charge is 0.471 e. The fourth-order valence-electron chi connectivity index (χ4n) is 4.89. The lowest BCUT2D eigenvalue weighted by atomic mass is 9.98. The molecule has 1 aromatic heterocycles. The molecule has 1 aliphatic heterocycles. The maximum absolute atomic E-state index is 15.4. The molecule has 0 spiro atoms. The number of amides is 2. The number of hydrogen-bond acceptors (Lipinski definition) is 4. The van der Waals surface area contributed by atoms with Gasteiger partial charge in [0.25, 0.3) is 5.91 Å². The van der Waals surface area contributed by atoms with Crippen molar-refractivity contribution in [2.24, 2.45) is 0 Å². The number of nitrogens with zero attached hydrogens (tertiary/aromatic N) is 3. The number of benzene rings is 3. The summed E-state index contributed by atoms with van der Waals surface area (Å²) in [6.07, 6.45) is -9.95. The van der Waals surface area contributed by atoms with E-state index in [4.69, 9.17) is 0 Å². The Morgan fingerprint density at radius 2 is 1.65 bits per heavy atom. The lowest BCUT2D eigenvalue weighted by molar-refractivity contribution is -0.173. The molecule has 7 nitrogen and oxygen atoms in total. The van der Waals surface area contributed by atoms with E-state index in [1.54, 1.807) is 23.5 Å². The van der Waals surface area contributed by atoms with Gasteiger partial charge in [-0.1, -0.05) is 48.5 Å². The van der Waals surface area contributed by atoms with Gasteiger partial charge in [0.1, 0.15) is 11.5 Å². The Bertz CT molecular complexity index is 1740. The van der Waals surface area contributed by atoms with Crippen molar-refractivity contribution in [1.29, 1.82) is 0 Å². The van der Waals surface area contributed by atoms with Crippen LogP contribution >= 0.6 is 0 Å². The first-order valence-corrected chi connectivity index (χ1v) is 12.6. The molecule has 0 fully saturated rings. The second kappa shape index (κ2) is 11.0. The topological polar surface area (TPSA) is 84.3 Å². The fraction of sp³-hybridized carbons (Fsp3) is 0.172. The van der Waals surface area contributed by atoms with Crippen LogP contribution in [0.4, 0.5) is 36.4 Å². The highest BCUT2D eigenvalue weighted by Gasteiger charge is 2.44. The second-order valence-corrected chi connectivity index (χ2v) is 9.47. The molecule has 3 aromatic carbocycles. The van der Waals surface area contributed by atoms with Crippen molar-refractivity contribution in [1.82, 2.24) is 15.1 Å². The van der Waals surface area contributed by atoms with Crippen molar-refractivity contribution in [3.8, 4) is 16.8 Å². The van der Waals surface area contributed by atoms with Gasteiger partial charge in [0.15, 0.2) is 12.0 Å². The van der Waals surface area contributed by atoms with Gasteiger partial charge < -0.3 is 10.2 Å². The minimum absolute atomic E-state index is 0.0616. The maximum Gasteiger partial charge on any atom is 0.471 e. The molecule has 2 amide bonds. The Kier molecular flexibility index (Phi) is 7.54. The van der Waals surface area contributed by atoms with Gasteiger partial charge in [0, 0.05) is 24.2 Å². The first-order chi connectivity index (χ1) is 20.3. The number of fused-ring (bicyclic) bond motifs is 1. The zero-order valence-corrected chi connectivity index (χ0v) is 21.8. The normalized spacial score (nSPS) is 13.6. The summed E-state index contributed by atoms with van der Waals surface area (Å²) in [7, 11) is 0. The Balaban J connectivity index is 1.57. The molecular weight excluding hydrogens is 585 g/mol. The number of carbonyl (C=O) groups is 3. The van der Waals surface area contributed by atoms with Crippen LogP contribution < -0.4 is 10.2 Å². The van der Waals surface area contributed by atoms with E-state index in [1.165, 1.54) is 42.5 Å².